The predicted molar refractivity (Wildman–Crippen MR) is 160 cm³/mol. The van der Waals surface area contributed by atoms with Crippen LogP contribution in [0.15, 0.2) is 104 Å². The van der Waals surface area contributed by atoms with Crippen LogP contribution >= 0.6 is 0 Å². The molecule has 206 valence electrons. The van der Waals surface area contributed by atoms with Crippen LogP contribution < -0.4 is 10.4 Å². The lowest BCUT2D eigenvalue weighted by atomic mass is 10.1. The maximum absolute atomic E-state index is 13.6. The van der Waals surface area contributed by atoms with E-state index in [0.717, 1.165) is 5.56 Å². The molecule has 39 heavy (non-hydrogen) atoms. The molecule has 1 saturated heterocycles. The highest BCUT2D eigenvalue weighted by molar-refractivity contribution is 6.99. The number of carbonyl (C=O) groups excluding carboxylic acids is 1. The van der Waals surface area contributed by atoms with Gasteiger partial charge >= 0.3 is 6.09 Å². The van der Waals surface area contributed by atoms with Crippen molar-refractivity contribution in [2.75, 3.05) is 6.61 Å². The number of amides is 1. The number of carbonyl (C=O) groups is 1. The zero-order valence-electron chi connectivity index (χ0n) is 23.8. The lowest BCUT2D eigenvalue weighted by molar-refractivity contribution is -0.0700. The molecule has 0 aromatic heterocycles. The molecular formula is C33H41NO4Si. The standard InChI is InChI=1S/C33H41NO4Si/c1-7-17-30-29(34(33(5,6)38-30)31(35)36-24-26-18-11-8-12-19-26)25-37-39(32(2,3)4,27-20-13-9-14-21-27)28-22-15-10-16-23-28/h7-16,18-23,29-30H,1,17,24-25H2,2-6H3/t29-,30-/m0/s1. The maximum atomic E-state index is 13.6. The van der Waals surface area contributed by atoms with E-state index in [0.29, 0.717) is 13.0 Å². The summed E-state index contributed by atoms with van der Waals surface area (Å²) in [6.45, 7) is 15.0. The quantitative estimate of drug-likeness (QED) is 0.235. The van der Waals surface area contributed by atoms with Gasteiger partial charge in [0.2, 0.25) is 0 Å². The van der Waals surface area contributed by atoms with E-state index in [-0.39, 0.29) is 23.8 Å². The van der Waals surface area contributed by atoms with Gasteiger partial charge in [0, 0.05) is 0 Å². The molecule has 0 aliphatic carbocycles. The highest BCUT2D eigenvalue weighted by Gasteiger charge is 2.54. The van der Waals surface area contributed by atoms with Crippen molar-refractivity contribution < 1.29 is 18.7 Å². The van der Waals surface area contributed by atoms with Crippen molar-refractivity contribution in [1.29, 1.82) is 0 Å². The third kappa shape index (κ3) is 6.03. The second kappa shape index (κ2) is 11.9. The summed E-state index contributed by atoms with van der Waals surface area (Å²) in [5.74, 6) is 0. The lowest BCUT2D eigenvalue weighted by Gasteiger charge is -2.44. The van der Waals surface area contributed by atoms with Crippen molar-refractivity contribution in [3.05, 3.63) is 109 Å². The van der Waals surface area contributed by atoms with Crippen LogP contribution in [0.25, 0.3) is 0 Å². The highest BCUT2D eigenvalue weighted by atomic mass is 28.4. The summed E-state index contributed by atoms with van der Waals surface area (Å²) in [5.41, 5.74) is 0.0764. The highest BCUT2D eigenvalue weighted by Crippen LogP contribution is 2.39. The molecule has 1 fully saturated rings. The minimum Gasteiger partial charge on any atom is -0.444 e. The Balaban J connectivity index is 1.70. The molecule has 5 nitrogen and oxygen atoms in total. The van der Waals surface area contributed by atoms with Crippen LogP contribution in [0.1, 0.15) is 46.6 Å². The molecule has 1 aliphatic heterocycles. The molecule has 0 spiro atoms. The Labute approximate surface area is 234 Å². The Morgan fingerprint density at radius 1 is 0.949 bits per heavy atom. The molecule has 1 amide bonds. The Morgan fingerprint density at radius 3 is 1.95 bits per heavy atom. The fourth-order valence-electron chi connectivity index (χ4n) is 5.74. The molecular weight excluding hydrogens is 502 g/mol. The Morgan fingerprint density at radius 2 is 1.46 bits per heavy atom. The minimum absolute atomic E-state index is 0.183. The van der Waals surface area contributed by atoms with E-state index in [1.165, 1.54) is 10.4 Å². The summed E-state index contributed by atoms with van der Waals surface area (Å²) in [6.07, 6.45) is 1.77. The fraction of sp³-hybridized carbons (Fsp3) is 0.364. The van der Waals surface area contributed by atoms with Gasteiger partial charge in [-0.3, -0.25) is 4.90 Å². The van der Waals surface area contributed by atoms with Gasteiger partial charge in [0.15, 0.2) is 0 Å². The summed E-state index contributed by atoms with van der Waals surface area (Å²) >= 11 is 0. The van der Waals surface area contributed by atoms with Gasteiger partial charge in [-0.2, -0.15) is 0 Å². The lowest BCUT2D eigenvalue weighted by Crippen LogP contribution is -2.67. The van der Waals surface area contributed by atoms with E-state index in [2.05, 4.69) is 75.9 Å². The second-order valence-electron chi connectivity index (χ2n) is 11.6. The molecule has 3 aromatic carbocycles. The summed E-state index contributed by atoms with van der Waals surface area (Å²) in [6, 6.07) is 30.4. The van der Waals surface area contributed by atoms with Crippen molar-refractivity contribution in [1.82, 2.24) is 4.90 Å². The molecule has 1 heterocycles. The van der Waals surface area contributed by atoms with Crippen molar-refractivity contribution in [3.63, 3.8) is 0 Å². The van der Waals surface area contributed by atoms with Crippen LogP contribution in [-0.4, -0.2) is 43.8 Å². The zero-order valence-corrected chi connectivity index (χ0v) is 24.8. The number of hydrogen-bond acceptors (Lipinski definition) is 4. The monoisotopic (exact) mass is 543 g/mol. The predicted octanol–water partition coefficient (Wildman–Crippen LogP) is 6.28. The molecule has 1 aliphatic rings. The second-order valence-corrected chi connectivity index (χ2v) is 15.9. The van der Waals surface area contributed by atoms with Gasteiger partial charge < -0.3 is 13.9 Å². The average molecular weight is 544 g/mol. The first-order valence-electron chi connectivity index (χ1n) is 13.6. The van der Waals surface area contributed by atoms with Crippen molar-refractivity contribution >= 4 is 24.8 Å². The van der Waals surface area contributed by atoms with E-state index in [1.807, 2.05) is 62.4 Å². The minimum atomic E-state index is -2.81. The van der Waals surface area contributed by atoms with Crippen molar-refractivity contribution in [2.45, 2.75) is 70.6 Å². The van der Waals surface area contributed by atoms with E-state index < -0.39 is 20.1 Å². The average Bonchev–Trinajstić information content (AvgIpc) is 3.18. The molecule has 0 unspecified atom stereocenters. The van der Waals surface area contributed by atoms with Gasteiger partial charge in [0.1, 0.15) is 12.3 Å². The topological polar surface area (TPSA) is 48.0 Å². The largest absolute Gasteiger partial charge is 0.444 e. The number of benzene rings is 3. The van der Waals surface area contributed by atoms with Gasteiger partial charge in [-0.25, -0.2) is 4.79 Å². The van der Waals surface area contributed by atoms with Gasteiger partial charge in [0.05, 0.1) is 18.8 Å². The van der Waals surface area contributed by atoms with Crippen LogP contribution in [0.4, 0.5) is 4.79 Å². The van der Waals surface area contributed by atoms with Crippen molar-refractivity contribution in [2.24, 2.45) is 0 Å². The SMILES string of the molecule is C=CC[C@@H]1OC(C)(C)N(C(=O)OCc2ccccc2)[C@H]1CO[Si](c1ccccc1)(c1ccccc1)C(C)(C)C. The Hall–Kier alpha value is -3.19. The van der Waals surface area contributed by atoms with Crippen LogP contribution in [0, 0.1) is 0 Å². The molecule has 2 atom stereocenters. The first-order valence-corrected chi connectivity index (χ1v) is 15.5. The van der Waals surface area contributed by atoms with E-state index in [4.69, 9.17) is 13.9 Å². The number of nitrogens with zero attached hydrogens (tertiary/aromatic N) is 1. The van der Waals surface area contributed by atoms with Crippen LogP contribution in [0.5, 0.6) is 0 Å². The first-order chi connectivity index (χ1) is 18.6. The number of rotatable bonds is 9. The van der Waals surface area contributed by atoms with E-state index in [9.17, 15) is 4.79 Å². The summed E-state index contributed by atoms with van der Waals surface area (Å²) < 4.78 is 19.5. The molecule has 0 saturated carbocycles. The molecule has 4 rings (SSSR count). The smallest absolute Gasteiger partial charge is 0.412 e. The summed E-state index contributed by atoms with van der Waals surface area (Å²) in [4.78, 5) is 15.3. The normalized spacial score (nSPS) is 19.1. The summed E-state index contributed by atoms with van der Waals surface area (Å²) in [5, 5.41) is 2.21. The molecule has 6 heteroatoms. The molecule has 3 aromatic rings. The fourth-order valence-corrected chi connectivity index (χ4v) is 10.3. The van der Waals surface area contributed by atoms with E-state index in [1.54, 1.807) is 4.90 Å². The van der Waals surface area contributed by atoms with Crippen LogP contribution in [-0.2, 0) is 20.5 Å². The van der Waals surface area contributed by atoms with Gasteiger partial charge in [-0.05, 0) is 41.2 Å². The van der Waals surface area contributed by atoms with Gasteiger partial charge in [-0.15, -0.1) is 6.58 Å². The summed E-state index contributed by atoms with van der Waals surface area (Å²) in [7, 11) is -2.81. The number of ether oxygens (including phenoxy) is 2. The van der Waals surface area contributed by atoms with Crippen molar-refractivity contribution in [3.8, 4) is 0 Å². The molecule has 0 bridgehead atoms. The van der Waals surface area contributed by atoms with E-state index >= 15 is 0 Å². The zero-order chi connectivity index (χ0) is 28.1. The van der Waals surface area contributed by atoms with Gasteiger partial charge in [-0.1, -0.05) is 118 Å². The Bertz CT molecular complexity index is 1190. The molecule has 0 N–H and O–H groups in total. The van der Waals surface area contributed by atoms with Gasteiger partial charge in [0.25, 0.3) is 8.32 Å². The first kappa shape index (κ1) is 28.8. The third-order valence-corrected chi connectivity index (χ3v) is 12.5. The maximum Gasteiger partial charge on any atom is 0.412 e. The van der Waals surface area contributed by atoms with Crippen LogP contribution in [0.2, 0.25) is 5.04 Å². The Kier molecular flexibility index (Phi) is 8.79. The third-order valence-electron chi connectivity index (χ3n) is 7.47. The van der Waals surface area contributed by atoms with Crippen LogP contribution in [0.3, 0.4) is 0 Å². The number of hydrogen-bond donors (Lipinski definition) is 0. The molecule has 0 radical (unpaired) electrons.